The van der Waals surface area contributed by atoms with E-state index in [9.17, 15) is 0 Å². The summed E-state index contributed by atoms with van der Waals surface area (Å²) in [4.78, 5) is 0. The molecule has 2 aromatic rings. The third-order valence-corrected chi connectivity index (χ3v) is 7.26. The van der Waals surface area contributed by atoms with Gasteiger partial charge in [-0.05, 0) is 6.42 Å². The van der Waals surface area contributed by atoms with Crippen molar-refractivity contribution in [2.24, 2.45) is 0 Å². The highest BCUT2D eigenvalue weighted by Crippen LogP contribution is 2.18. The molecule has 115 valence electrons. The second kappa shape index (κ2) is 8.30. The number of rotatable bonds is 9. The molecule has 0 N–H and O–H groups in total. The predicted molar refractivity (Wildman–Crippen MR) is 95.5 cm³/mol. The first-order valence-electron chi connectivity index (χ1n) is 8.52. The number of unbranched alkanes of at least 4 members (excludes halogenated alkanes) is 3. The summed E-state index contributed by atoms with van der Waals surface area (Å²) < 4.78 is 5.27. The van der Waals surface area contributed by atoms with Crippen molar-refractivity contribution in [2.45, 2.75) is 44.3 Å². The maximum atomic E-state index is 5.27. The van der Waals surface area contributed by atoms with Crippen LogP contribution in [-0.4, -0.2) is 21.5 Å². The fraction of sp³-hybridized carbons (Fsp3) is 0.400. The average Bonchev–Trinajstić information content (AvgIpc) is 3.40. The Morgan fingerprint density at radius 3 is 1.86 bits per heavy atom. The van der Waals surface area contributed by atoms with Crippen LogP contribution in [-0.2, 0) is 4.74 Å². The Labute approximate surface area is 135 Å². The van der Waals surface area contributed by atoms with E-state index in [4.69, 9.17) is 4.74 Å². The molecule has 2 heteroatoms. The zero-order valence-electron chi connectivity index (χ0n) is 13.2. The molecule has 0 bridgehead atoms. The van der Waals surface area contributed by atoms with Gasteiger partial charge in [0, 0.05) is 0 Å². The number of epoxide rings is 1. The SMILES string of the molecule is c1ccc([Si](CCCCCCC2CO2)c2ccccc2)cc1. The summed E-state index contributed by atoms with van der Waals surface area (Å²) in [6.45, 7) is 1.01. The van der Waals surface area contributed by atoms with Gasteiger partial charge in [0.2, 0.25) is 0 Å². The Morgan fingerprint density at radius 1 is 0.773 bits per heavy atom. The second-order valence-electron chi connectivity index (χ2n) is 6.12. The van der Waals surface area contributed by atoms with Crippen LogP contribution in [0.25, 0.3) is 0 Å². The molecule has 1 aliphatic rings. The minimum absolute atomic E-state index is 0.605. The molecule has 22 heavy (non-hydrogen) atoms. The van der Waals surface area contributed by atoms with Gasteiger partial charge in [0.05, 0.1) is 12.7 Å². The van der Waals surface area contributed by atoms with Crippen molar-refractivity contribution < 1.29 is 4.74 Å². The predicted octanol–water partition coefficient (Wildman–Crippen LogP) is 3.64. The molecule has 1 heterocycles. The minimum atomic E-state index is -0.615. The van der Waals surface area contributed by atoms with Crippen molar-refractivity contribution in [1.29, 1.82) is 0 Å². The van der Waals surface area contributed by atoms with E-state index < -0.39 is 8.80 Å². The van der Waals surface area contributed by atoms with Gasteiger partial charge < -0.3 is 4.74 Å². The summed E-state index contributed by atoms with van der Waals surface area (Å²) in [5, 5.41) is 3.09. The van der Waals surface area contributed by atoms with Crippen molar-refractivity contribution >= 4 is 19.2 Å². The highest BCUT2D eigenvalue weighted by atomic mass is 28.3. The van der Waals surface area contributed by atoms with Crippen LogP contribution < -0.4 is 10.4 Å². The van der Waals surface area contributed by atoms with Crippen LogP contribution in [0.4, 0.5) is 0 Å². The average molecular weight is 310 g/mol. The maximum absolute atomic E-state index is 5.27. The van der Waals surface area contributed by atoms with Crippen LogP contribution in [0, 0.1) is 0 Å². The Balaban J connectivity index is 1.52. The lowest BCUT2D eigenvalue weighted by atomic mass is 10.1. The molecular weight excluding hydrogens is 284 g/mol. The van der Waals surface area contributed by atoms with Crippen molar-refractivity contribution in [2.75, 3.05) is 6.61 Å². The zero-order valence-corrected chi connectivity index (χ0v) is 14.2. The van der Waals surface area contributed by atoms with Gasteiger partial charge in [0.15, 0.2) is 0 Å². The van der Waals surface area contributed by atoms with Gasteiger partial charge in [-0.1, -0.05) is 103 Å². The molecule has 3 rings (SSSR count). The smallest absolute Gasteiger partial charge is 0.121 e. The van der Waals surface area contributed by atoms with Crippen LogP contribution in [0.1, 0.15) is 32.1 Å². The molecule has 1 nitrogen and oxygen atoms in total. The molecule has 1 aliphatic heterocycles. The van der Waals surface area contributed by atoms with Gasteiger partial charge in [-0.3, -0.25) is 0 Å². The molecule has 0 spiro atoms. The monoisotopic (exact) mass is 309 g/mol. The first-order valence-corrected chi connectivity index (χ1v) is 10.2. The van der Waals surface area contributed by atoms with Crippen LogP contribution in [0.5, 0.6) is 0 Å². The quantitative estimate of drug-likeness (QED) is 0.391. The molecule has 1 fully saturated rings. The van der Waals surface area contributed by atoms with E-state index in [1.165, 1.54) is 38.1 Å². The van der Waals surface area contributed by atoms with E-state index in [2.05, 4.69) is 60.7 Å². The standard InChI is InChI=1S/C20H25OSi/c1(5-11-18-17-21-18)2-10-16-22(19-12-6-3-7-13-19)20-14-8-4-9-15-20/h3-4,6-9,12-15,18H,1-2,5,10-11,16-17H2. The molecule has 0 saturated carbocycles. The summed E-state index contributed by atoms with van der Waals surface area (Å²) in [5.74, 6) is 0. The van der Waals surface area contributed by atoms with E-state index in [-0.39, 0.29) is 0 Å². The van der Waals surface area contributed by atoms with E-state index in [0.717, 1.165) is 6.61 Å². The van der Waals surface area contributed by atoms with E-state index >= 15 is 0 Å². The summed E-state index contributed by atoms with van der Waals surface area (Å²) >= 11 is 0. The third kappa shape index (κ3) is 4.82. The number of hydrogen-bond donors (Lipinski definition) is 0. The highest BCUT2D eigenvalue weighted by molar-refractivity contribution is 6.85. The van der Waals surface area contributed by atoms with Crippen molar-refractivity contribution in [3.8, 4) is 0 Å². The molecule has 0 amide bonds. The molecule has 0 aliphatic carbocycles. The van der Waals surface area contributed by atoms with Gasteiger partial charge in [0.25, 0.3) is 0 Å². The molecule has 1 radical (unpaired) electrons. The van der Waals surface area contributed by atoms with E-state index in [0.29, 0.717) is 6.10 Å². The lowest BCUT2D eigenvalue weighted by Gasteiger charge is -2.16. The molecule has 0 aromatic heterocycles. The lowest BCUT2D eigenvalue weighted by Crippen LogP contribution is -2.41. The Hall–Kier alpha value is -1.38. The third-order valence-electron chi connectivity index (χ3n) is 4.35. The maximum Gasteiger partial charge on any atom is 0.121 e. The van der Waals surface area contributed by atoms with E-state index in [1.807, 2.05) is 0 Å². The summed E-state index contributed by atoms with van der Waals surface area (Å²) in [5.41, 5.74) is 0. The zero-order chi connectivity index (χ0) is 15.0. The van der Waals surface area contributed by atoms with Gasteiger partial charge >= 0.3 is 0 Å². The molecule has 1 unspecified atom stereocenters. The molecule has 1 atom stereocenters. The topological polar surface area (TPSA) is 12.5 Å². The van der Waals surface area contributed by atoms with Gasteiger partial charge in [0.1, 0.15) is 8.80 Å². The summed E-state index contributed by atoms with van der Waals surface area (Å²) in [6.07, 6.45) is 7.29. The first kappa shape index (κ1) is 15.5. The van der Waals surface area contributed by atoms with Crippen LogP contribution >= 0.6 is 0 Å². The lowest BCUT2D eigenvalue weighted by molar-refractivity contribution is 0.388. The summed E-state index contributed by atoms with van der Waals surface area (Å²) in [6, 6.07) is 23.5. The number of benzene rings is 2. The molecule has 2 aromatic carbocycles. The number of hydrogen-bond acceptors (Lipinski definition) is 1. The van der Waals surface area contributed by atoms with Crippen LogP contribution in [0.2, 0.25) is 6.04 Å². The van der Waals surface area contributed by atoms with Crippen LogP contribution in [0.3, 0.4) is 0 Å². The fourth-order valence-electron chi connectivity index (χ4n) is 3.00. The first-order chi connectivity index (χ1) is 10.9. The Morgan fingerprint density at radius 2 is 1.32 bits per heavy atom. The van der Waals surface area contributed by atoms with Gasteiger partial charge in [-0.2, -0.15) is 0 Å². The fourth-order valence-corrected chi connectivity index (χ4v) is 5.70. The highest BCUT2D eigenvalue weighted by Gasteiger charge is 2.21. The summed E-state index contributed by atoms with van der Waals surface area (Å²) in [7, 11) is -0.615. The van der Waals surface area contributed by atoms with Gasteiger partial charge in [-0.25, -0.2) is 0 Å². The van der Waals surface area contributed by atoms with Crippen molar-refractivity contribution in [3.63, 3.8) is 0 Å². The Bertz CT molecular complexity index is 497. The molecule has 1 saturated heterocycles. The minimum Gasteiger partial charge on any atom is -0.373 e. The Kier molecular flexibility index (Phi) is 5.85. The van der Waals surface area contributed by atoms with Crippen molar-refractivity contribution in [3.05, 3.63) is 60.7 Å². The van der Waals surface area contributed by atoms with E-state index in [1.54, 1.807) is 10.4 Å². The largest absolute Gasteiger partial charge is 0.373 e. The van der Waals surface area contributed by atoms with Crippen LogP contribution in [0.15, 0.2) is 60.7 Å². The second-order valence-corrected chi connectivity index (χ2v) is 8.73. The molecular formula is C20H25OSi. The number of ether oxygens (including phenoxy) is 1. The van der Waals surface area contributed by atoms with Gasteiger partial charge in [-0.15, -0.1) is 0 Å². The normalized spacial score (nSPS) is 16.9. The van der Waals surface area contributed by atoms with Crippen molar-refractivity contribution in [1.82, 2.24) is 0 Å².